The summed E-state index contributed by atoms with van der Waals surface area (Å²) < 4.78 is 1.81. The number of hydrazine groups is 2. The van der Waals surface area contributed by atoms with Gasteiger partial charge in [0.2, 0.25) is 0 Å². The van der Waals surface area contributed by atoms with Crippen molar-refractivity contribution < 1.29 is 4.79 Å². The number of hydrogen-bond donors (Lipinski definition) is 2. The van der Waals surface area contributed by atoms with Crippen LogP contribution in [0.15, 0.2) is 48.9 Å². The van der Waals surface area contributed by atoms with Crippen LogP contribution in [0.3, 0.4) is 0 Å². The number of halogens is 1. The summed E-state index contributed by atoms with van der Waals surface area (Å²) >= 11 is 6.81. The van der Waals surface area contributed by atoms with Crippen molar-refractivity contribution in [1.29, 1.82) is 0 Å². The maximum atomic E-state index is 12.6. The van der Waals surface area contributed by atoms with E-state index < -0.39 is 0 Å². The molecule has 3 aromatic rings. The smallest absolute Gasteiger partial charge is 0.274 e. The maximum Gasteiger partial charge on any atom is 0.274 e. The van der Waals surface area contributed by atoms with E-state index in [2.05, 4.69) is 62.3 Å². The third-order valence-corrected chi connectivity index (χ3v) is 7.51. The summed E-state index contributed by atoms with van der Waals surface area (Å²) in [6, 6.07) is 12.9. The van der Waals surface area contributed by atoms with Gasteiger partial charge in [-0.1, -0.05) is 41.9 Å². The zero-order valence-electron chi connectivity index (χ0n) is 19.9. The van der Waals surface area contributed by atoms with Crippen molar-refractivity contribution in [1.82, 2.24) is 24.9 Å². The molecule has 2 aliphatic heterocycles. The minimum atomic E-state index is 0.0150. The molecule has 1 saturated carbocycles. The van der Waals surface area contributed by atoms with Crippen molar-refractivity contribution >= 4 is 28.9 Å². The standard InChI is InChI=1S/C26H30ClN7O/c1-31-16-22(28-17-31)26(35)33-12-10-32(11-13-33)14-18-4-6-20(7-5-18)21-8-9-23-25(24(21)27)29-30-34(23)15-19-2-3-19/h4-9,16-17,19,29-30H,2-3,10-15H2,1H3. The highest BCUT2D eigenvalue weighted by Gasteiger charge is 2.30. The number of rotatable bonds is 6. The van der Waals surface area contributed by atoms with Gasteiger partial charge in [-0.05, 0) is 36.0 Å². The number of carbonyl (C=O) groups excluding carboxylic acids is 1. The van der Waals surface area contributed by atoms with Crippen LogP contribution < -0.4 is 16.0 Å². The van der Waals surface area contributed by atoms with Crippen LogP contribution in [-0.4, -0.2) is 58.0 Å². The number of aryl methyl sites for hydroxylation is 1. The third kappa shape index (κ3) is 4.61. The van der Waals surface area contributed by atoms with Gasteiger partial charge in [0.25, 0.3) is 5.91 Å². The predicted molar refractivity (Wildman–Crippen MR) is 138 cm³/mol. The van der Waals surface area contributed by atoms with E-state index in [4.69, 9.17) is 11.6 Å². The Bertz CT molecular complexity index is 1230. The molecular formula is C26H30ClN7O. The summed E-state index contributed by atoms with van der Waals surface area (Å²) in [5, 5.41) is 2.91. The van der Waals surface area contributed by atoms with Crippen molar-refractivity contribution in [3.8, 4) is 11.1 Å². The summed E-state index contributed by atoms with van der Waals surface area (Å²) in [5.74, 6) is 0.798. The molecule has 2 fully saturated rings. The molecule has 1 saturated heterocycles. The number of amides is 1. The van der Waals surface area contributed by atoms with Crippen LogP contribution in [0.25, 0.3) is 11.1 Å². The molecule has 9 heteroatoms. The van der Waals surface area contributed by atoms with Gasteiger partial charge in [0.1, 0.15) is 5.69 Å². The van der Waals surface area contributed by atoms with Gasteiger partial charge < -0.3 is 14.9 Å². The second kappa shape index (κ2) is 9.18. The number of imidazole rings is 1. The maximum absolute atomic E-state index is 12.6. The van der Waals surface area contributed by atoms with Crippen LogP contribution in [0.2, 0.25) is 5.02 Å². The molecule has 0 spiro atoms. The lowest BCUT2D eigenvalue weighted by Crippen LogP contribution is -2.48. The van der Waals surface area contributed by atoms with Gasteiger partial charge in [0.15, 0.2) is 0 Å². The highest BCUT2D eigenvalue weighted by molar-refractivity contribution is 6.37. The Morgan fingerprint density at radius 2 is 1.86 bits per heavy atom. The highest BCUT2D eigenvalue weighted by Crippen LogP contribution is 2.43. The Morgan fingerprint density at radius 1 is 1.09 bits per heavy atom. The SMILES string of the molecule is Cn1cnc(C(=O)N2CCN(Cc3ccc(-c4ccc5c(c4Cl)NNN5CC4CC4)cc3)CC2)c1. The number of fused-ring (bicyclic) bond motifs is 1. The van der Waals surface area contributed by atoms with Gasteiger partial charge in [0, 0.05) is 58.1 Å². The first kappa shape index (κ1) is 22.4. The molecule has 182 valence electrons. The minimum Gasteiger partial charge on any atom is -0.340 e. The monoisotopic (exact) mass is 491 g/mol. The van der Waals surface area contributed by atoms with E-state index in [9.17, 15) is 4.79 Å². The fraction of sp³-hybridized carbons (Fsp3) is 0.385. The molecule has 6 rings (SSSR count). The molecule has 0 unspecified atom stereocenters. The number of piperazine rings is 1. The number of carbonyl (C=O) groups is 1. The summed E-state index contributed by atoms with van der Waals surface area (Å²) in [4.78, 5) is 21.1. The van der Waals surface area contributed by atoms with Crippen LogP contribution in [0.5, 0.6) is 0 Å². The van der Waals surface area contributed by atoms with Crippen LogP contribution >= 0.6 is 11.6 Å². The highest BCUT2D eigenvalue weighted by atomic mass is 35.5. The summed E-state index contributed by atoms with van der Waals surface area (Å²) in [6.45, 7) is 5.02. The van der Waals surface area contributed by atoms with E-state index >= 15 is 0 Å². The lowest BCUT2D eigenvalue weighted by atomic mass is 10.0. The Morgan fingerprint density at radius 3 is 2.54 bits per heavy atom. The molecular weight excluding hydrogens is 462 g/mol. The molecule has 1 aliphatic carbocycles. The average molecular weight is 492 g/mol. The number of aromatic nitrogens is 2. The van der Waals surface area contributed by atoms with Crippen molar-refractivity contribution in [2.75, 3.05) is 43.2 Å². The summed E-state index contributed by atoms with van der Waals surface area (Å²) in [6.07, 6.45) is 6.07. The number of hydrogen-bond acceptors (Lipinski definition) is 6. The van der Waals surface area contributed by atoms with Gasteiger partial charge in [-0.2, -0.15) is 0 Å². The number of nitrogens with one attached hydrogen (secondary N) is 2. The van der Waals surface area contributed by atoms with Crippen molar-refractivity contribution in [3.63, 3.8) is 0 Å². The van der Waals surface area contributed by atoms with E-state index in [-0.39, 0.29) is 5.91 Å². The second-order valence-electron chi connectivity index (χ2n) is 9.80. The molecule has 3 heterocycles. The van der Waals surface area contributed by atoms with Crippen LogP contribution in [0.1, 0.15) is 28.9 Å². The van der Waals surface area contributed by atoms with Gasteiger partial charge in [-0.15, -0.1) is 5.53 Å². The largest absolute Gasteiger partial charge is 0.340 e. The molecule has 1 aromatic heterocycles. The zero-order valence-corrected chi connectivity index (χ0v) is 20.6. The van der Waals surface area contributed by atoms with E-state index in [0.717, 1.165) is 72.7 Å². The lowest BCUT2D eigenvalue weighted by Gasteiger charge is -2.34. The fourth-order valence-electron chi connectivity index (χ4n) is 4.86. The van der Waals surface area contributed by atoms with Crippen molar-refractivity contribution in [2.45, 2.75) is 19.4 Å². The van der Waals surface area contributed by atoms with Gasteiger partial charge in [-0.25, -0.2) is 4.98 Å². The van der Waals surface area contributed by atoms with E-state index in [0.29, 0.717) is 5.69 Å². The topological polar surface area (TPSA) is 68.7 Å². The van der Waals surface area contributed by atoms with Crippen molar-refractivity contribution in [3.05, 3.63) is 65.2 Å². The molecule has 2 N–H and O–H groups in total. The van der Waals surface area contributed by atoms with Gasteiger partial charge in [0.05, 0.1) is 22.7 Å². The van der Waals surface area contributed by atoms with Crippen LogP contribution in [-0.2, 0) is 13.6 Å². The Labute approximate surface area is 210 Å². The van der Waals surface area contributed by atoms with Gasteiger partial charge in [-0.3, -0.25) is 14.7 Å². The Kier molecular flexibility index (Phi) is 5.88. The number of nitrogens with zero attached hydrogens (tertiary/aromatic N) is 5. The second-order valence-corrected chi connectivity index (χ2v) is 10.2. The van der Waals surface area contributed by atoms with Crippen LogP contribution in [0.4, 0.5) is 11.4 Å². The summed E-state index contributed by atoms with van der Waals surface area (Å²) in [5.41, 5.74) is 12.5. The van der Waals surface area contributed by atoms with Crippen molar-refractivity contribution in [2.24, 2.45) is 13.0 Å². The molecule has 3 aliphatic rings. The molecule has 2 aromatic carbocycles. The zero-order chi connectivity index (χ0) is 23.9. The van der Waals surface area contributed by atoms with E-state index in [1.54, 1.807) is 17.1 Å². The lowest BCUT2D eigenvalue weighted by molar-refractivity contribution is 0.0623. The molecule has 0 atom stereocenters. The fourth-order valence-corrected chi connectivity index (χ4v) is 5.18. The molecule has 35 heavy (non-hydrogen) atoms. The Balaban J connectivity index is 1.07. The quantitative estimate of drug-likeness (QED) is 0.547. The molecule has 0 radical (unpaired) electrons. The first-order valence-electron chi connectivity index (χ1n) is 12.3. The minimum absolute atomic E-state index is 0.0150. The Hall–Kier alpha value is -3.07. The van der Waals surface area contributed by atoms with Gasteiger partial charge >= 0.3 is 0 Å². The normalized spacial score (nSPS) is 18.0. The van der Waals surface area contributed by atoms with Crippen LogP contribution in [0, 0.1) is 5.92 Å². The molecule has 1 amide bonds. The number of anilines is 2. The molecule has 0 bridgehead atoms. The average Bonchev–Trinajstić information content (AvgIpc) is 3.43. The van der Waals surface area contributed by atoms with E-state index in [1.807, 2.05) is 11.9 Å². The summed E-state index contributed by atoms with van der Waals surface area (Å²) in [7, 11) is 1.88. The predicted octanol–water partition coefficient (Wildman–Crippen LogP) is 3.76. The first-order valence-corrected chi connectivity index (χ1v) is 12.6. The third-order valence-electron chi connectivity index (χ3n) is 7.12. The van der Waals surface area contributed by atoms with E-state index in [1.165, 1.54) is 18.4 Å². The first-order chi connectivity index (χ1) is 17.0. The molecule has 8 nitrogen and oxygen atoms in total. The number of benzene rings is 2.